The molecule has 2 nitrogen and oxygen atoms in total. The number of benzene rings is 1. The molecule has 0 atom stereocenters. The van der Waals surface area contributed by atoms with Crippen LogP contribution < -0.4 is 5.43 Å². The quantitative estimate of drug-likeness (QED) is 0.759. The Hall–Kier alpha value is -2.09. The van der Waals surface area contributed by atoms with Crippen molar-refractivity contribution in [1.29, 1.82) is 0 Å². The van der Waals surface area contributed by atoms with Gasteiger partial charge in [0.25, 0.3) is 0 Å². The molecule has 0 amide bonds. The summed E-state index contributed by atoms with van der Waals surface area (Å²) in [7, 11) is 0. The molecule has 0 aliphatic heterocycles. The van der Waals surface area contributed by atoms with Gasteiger partial charge in [0.05, 0.1) is 11.3 Å². The first-order chi connectivity index (χ1) is 8.65. The fraction of sp³-hybridized carbons (Fsp3) is 0.188. The second-order valence-corrected chi connectivity index (χ2v) is 4.76. The molecule has 0 spiro atoms. The Morgan fingerprint density at radius 3 is 2.50 bits per heavy atom. The summed E-state index contributed by atoms with van der Waals surface area (Å²) in [5.41, 5.74) is 2.81. The highest BCUT2D eigenvalue weighted by atomic mass is 16.3. The van der Waals surface area contributed by atoms with Crippen LogP contribution in [0.3, 0.4) is 0 Å². The van der Waals surface area contributed by atoms with E-state index >= 15 is 0 Å². The first-order valence-corrected chi connectivity index (χ1v) is 6.05. The molecule has 0 unspecified atom stereocenters. The van der Waals surface area contributed by atoms with Crippen molar-refractivity contribution in [2.45, 2.75) is 19.8 Å². The molecule has 1 aromatic carbocycles. The van der Waals surface area contributed by atoms with E-state index in [4.69, 9.17) is 4.42 Å². The van der Waals surface area contributed by atoms with Gasteiger partial charge in [0.1, 0.15) is 11.3 Å². The van der Waals surface area contributed by atoms with Crippen LogP contribution in [0.4, 0.5) is 0 Å². The summed E-state index contributed by atoms with van der Waals surface area (Å²) >= 11 is 0. The van der Waals surface area contributed by atoms with Gasteiger partial charge < -0.3 is 4.42 Å². The molecule has 0 saturated heterocycles. The molecule has 2 aromatic rings. The molecule has 1 aromatic heterocycles. The Kier molecular flexibility index (Phi) is 2.44. The Bertz CT molecular complexity index is 721. The second-order valence-electron chi connectivity index (χ2n) is 4.76. The summed E-state index contributed by atoms with van der Waals surface area (Å²) in [5.74, 6) is 0.797. The van der Waals surface area contributed by atoms with Crippen molar-refractivity contribution in [3.05, 3.63) is 69.6 Å². The highest BCUT2D eigenvalue weighted by Gasteiger charge is 2.14. The van der Waals surface area contributed by atoms with E-state index < -0.39 is 0 Å². The molecule has 0 saturated carbocycles. The van der Waals surface area contributed by atoms with Gasteiger partial charge in [0.15, 0.2) is 5.43 Å². The van der Waals surface area contributed by atoms with Crippen molar-refractivity contribution >= 4 is 11.0 Å². The van der Waals surface area contributed by atoms with E-state index in [0.717, 1.165) is 11.1 Å². The number of hydrogen-bond acceptors (Lipinski definition) is 2. The zero-order valence-corrected chi connectivity index (χ0v) is 10.4. The van der Waals surface area contributed by atoms with Gasteiger partial charge in [-0.05, 0) is 31.0 Å². The van der Waals surface area contributed by atoms with E-state index in [-0.39, 0.29) is 11.3 Å². The van der Waals surface area contributed by atoms with Gasteiger partial charge in [-0.15, -0.1) is 0 Å². The lowest BCUT2D eigenvalue weighted by Crippen LogP contribution is -2.05. The predicted molar refractivity (Wildman–Crippen MR) is 73.0 cm³/mol. The average molecular weight is 238 g/mol. The van der Waals surface area contributed by atoms with Crippen LogP contribution in [0.2, 0.25) is 0 Å². The zero-order valence-electron chi connectivity index (χ0n) is 10.4. The second kappa shape index (κ2) is 3.98. The van der Waals surface area contributed by atoms with Crippen LogP contribution in [0.1, 0.15) is 22.8 Å². The molecule has 90 valence electrons. The fourth-order valence-corrected chi connectivity index (χ4v) is 2.47. The van der Waals surface area contributed by atoms with Gasteiger partial charge in [-0.3, -0.25) is 4.79 Å². The molecule has 1 heterocycles. The maximum Gasteiger partial charge on any atom is 0.193 e. The minimum atomic E-state index is 0.0393. The maximum absolute atomic E-state index is 12.2. The Labute approximate surface area is 105 Å². The molecule has 0 radical (unpaired) electrons. The van der Waals surface area contributed by atoms with Crippen LogP contribution in [0.25, 0.3) is 11.0 Å². The third-order valence-corrected chi connectivity index (χ3v) is 3.27. The summed E-state index contributed by atoms with van der Waals surface area (Å²) < 4.78 is 5.89. The van der Waals surface area contributed by atoms with Crippen molar-refractivity contribution in [2.24, 2.45) is 0 Å². The van der Waals surface area contributed by atoms with E-state index in [9.17, 15) is 4.79 Å². The lowest BCUT2D eigenvalue weighted by atomic mass is 10.0. The molecule has 1 aliphatic rings. The highest BCUT2D eigenvalue weighted by molar-refractivity contribution is 5.81. The van der Waals surface area contributed by atoms with Crippen LogP contribution in [-0.4, -0.2) is 0 Å². The van der Waals surface area contributed by atoms with E-state index in [1.807, 2.05) is 50.3 Å². The van der Waals surface area contributed by atoms with Crippen LogP contribution in [-0.2, 0) is 0 Å². The average Bonchev–Trinajstić information content (AvgIpc) is 2.80. The predicted octanol–water partition coefficient (Wildman–Crippen LogP) is 3.62. The number of aryl methyl sites for hydroxylation is 2. The van der Waals surface area contributed by atoms with Gasteiger partial charge in [0.2, 0.25) is 0 Å². The molecular formula is C16H14O2. The van der Waals surface area contributed by atoms with Gasteiger partial charge >= 0.3 is 0 Å². The Morgan fingerprint density at radius 1 is 1.06 bits per heavy atom. The topological polar surface area (TPSA) is 30.2 Å². The number of rotatable bonds is 1. The van der Waals surface area contributed by atoms with Crippen LogP contribution in [0.15, 0.2) is 51.7 Å². The molecular weight excluding hydrogens is 224 g/mol. The van der Waals surface area contributed by atoms with Crippen molar-refractivity contribution in [3.8, 4) is 0 Å². The van der Waals surface area contributed by atoms with E-state index in [2.05, 4.69) is 0 Å². The number of fused-ring (bicyclic) bond motifs is 1. The largest absolute Gasteiger partial charge is 0.460 e. The fourth-order valence-electron chi connectivity index (χ4n) is 2.47. The van der Waals surface area contributed by atoms with Gasteiger partial charge in [0, 0.05) is 6.07 Å². The van der Waals surface area contributed by atoms with Crippen molar-refractivity contribution < 1.29 is 4.42 Å². The summed E-state index contributed by atoms with van der Waals surface area (Å²) in [6, 6.07) is 5.54. The van der Waals surface area contributed by atoms with Gasteiger partial charge in [-0.2, -0.15) is 0 Å². The number of hydrogen-bond donors (Lipinski definition) is 0. The highest BCUT2D eigenvalue weighted by Crippen LogP contribution is 2.26. The zero-order chi connectivity index (χ0) is 12.7. The van der Waals surface area contributed by atoms with Gasteiger partial charge in [-0.25, -0.2) is 0 Å². The summed E-state index contributed by atoms with van der Waals surface area (Å²) in [5, 5.41) is 0.690. The van der Waals surface area contributed by atoms with E-state index in [0.29, 0.717) is 16.7 Å². The molecule has 1 aliphatic carbocycles. The molecule has 0 bridgehead atoms. The minimum Gasteiger partial charge on any atom is -0.460 e. The standard InChI is InChI=1S/C16H14O2/c1-10-7-11(2)16-13(17)9-14(18-15(16)8-10)12-5-3-4-6-12/h3-9,12H,1-2H3. The third-order valence-electron chi connectivity index (χ3n) is 3.27. The smallest absolute Gasteiger partial charge is 0.193 e. The lowest BCUT2D eigenvalue weighted by Gasteiger charge is -2.08. The lowest BCUT2D eigenvalue weighted by molar-refractivity contribution is 0.537. The molecule has 0 fully saturated rings. The maximum atomic E-state index is 12.2. The first-order valence-electron chi connectivity index (χ1n) is 6.05. The Balaban J connectivity index is 2.30. The van der Waals surface area contributed by atoms with Crippen LogP contribution >= 0.6 is 0 Å². The Morgan fingerprint density at radius 2 is 1.78 bits per heavy atom. The third kappa shape index (κ3) is 1.70. The minimum absolute atomic E-state index is 0.0393. The van der Waals surface area contributed by atoms with Gasteiger partial charge in [-0.1, -0.05) is 30.4 Å². The van der Waals surface area contributed by atoms with E-state index in [1.165, 1.54) is 0 Å². The van der Waals surface area contributed by atoms with Crippen LogP contribution in [0, 0.1) is 13.8 Å². The molecule has 18 heavy (non-hydrogen) atoms. The molecule has 2 heteroatoms. The van der Waals surface area contributed by atoms with Crippen molar-refractivity contribution in [2.75, 3.05) is 0 Å². The summed E-state index contributed by atoms with van der Waals surface area (Å²) in [4.78, 5) is 12.2. The summed E-state index contributed by atoms with van der Waals surface area (Å²) in [6.07, 6.45) is 7.98. The van der Waals surface area contributed by atoms with Crippen molar-refractivity contribution in [3.63, 3.8) is 0 Å². The van der Waals surface area contributed by atoms with Crippen LogP contribution in [0.5, 0.6) is 0 Å². The first kappa shape index (κ1) is 11.0. The summed E-state index contributed by atoms with van der Waals surface area (Å²) in [6.45, 7) is 3.95. The molecule has 3 rings (SSSR count). The molecule has 0 N–H and O–H groups in total. The normalized spacial score (nSPS) is 14.8. The SMILES string of the molecule is Cc1cc(C)c2c(=O)cc(C3C=CC=C3)oc2c1. The van der Waals surface area contributed by atoms with E-state index in [1.54, 1.807) is 6.07 Å². The number of allylic oxidation sites excluding steroid dienone is 4. The monoisotopic (exact) mass is 238 g/mol. The van der Waals surface area contributed by atoms with Crippen molar-refractivity contribution in [1.82, 2.24) is 0 Å².